The van der Waals surface area contributed by atoms with Gasteiger partial charge in [-0.25, -0.2) is 14.4 Å². The zero-order valence-corrected chi connectivity index (χ0v) is 18.9. The number of pyridine rings is 1. The van der Waals surface area contributed by atoms with Gasteiger partial charge in [0.2, 0.25) is 17.8 Å². The number of amides is 2. The maximum atomic E-state index is 14.7. The molecule has 8 nitrogen and oxygen atoms in total. The second-order valence-corrected chi connectivity index (χ2v) is 8.83. The number of halogens is 2. The van der Waals surface area contributed by atoms with Crippen LogP contribution in [0.5, 0.6) is 0 Å². The number of carbonyl (C=O) groups is 2. The van der Waals surface area contributed by atoms with Gasteiger partial charge in [0.05, 0.1) is 31.0 Å². The number of anilines is 1. The fourth-order valence-corrected chi connectivity index (χ4v) is 4.40. The van der Waals surface area contributed by atoms with Crippen molar-refractivity contribution in [2.75, 3.05) is 18.4 Å². The maximum absolute atomic E-state index is 14.7. The number of rotatable bonds is 8. The summed E-state index contributed by atoms with van der Waals surface area (Å²) < 4.78 is 34.1. The lowest BCUT2D eigenvalue weighted by Crippen LogP contribution is -2.48. The fourth-order valence-electron chi connectivity index (χ4n) is 4.40. The topological polar surface area (TPSA) is 100 Å². The first-order valence-electron chi connectivity index (χ1n) is 11.6. The van der Waals surface area contributed by atoms with E-state index in [4.69, 9.17) is 4.42 Å². The van der Waals surface area contributed by atoms with E-state index in [0.29, 0.717) is 16.8 Å². The maximum Gasteiger partial charge on any atom is 0.294 e. The quantitative estimate of drug-likeness (QED) is 0.479. The Hall–Kier alpha value is -3.82. The summed E-state index contributed by atoms with van der Waals surface area (Å²) in [6.07, 6.45) is 3.21. The Bertz CT molecular complexity index is 1190. The molecule has 3 atom stereocenters. The number of oxazole rings is 1. The van der Waals surface area contributed by atoms with E-state index in [1.165, 1.54) is 17.4 Å². The minimum absolute atomic E-state index is 0.125. The molecule has 2 aliphatic rings. The molecular formula is C25H25F2N5O3. The molecule has 10 heteroatoms. The third kappa shape index (κ3) is 5.16. The van der Waals surface area contributed by atoms with Crippen molar-refractivity contribution in [2.45, 2.75) is 43.4 Å². The van der Waals surface area contributed by atoms with E-state index < -0.39 is 36.0 Å². The summed E-state index contributed by atoms with van der Waals surface area (Å²) in [6.45, 7) is -0.391. The van der Waals surface area contributed by atoms with Crippen molar-refractivity contribution >= 4 is 17.8 Å². The van der Waals surface area contributed by atoms with Crippen molar-refractivity contribution in [1.29, 1.82) is 0 Å². The van der Waals surface area contributed by atoms with Gasteiger partial charge in [0, 0.05) is 12.0 Å². The first kappa shape index (κ1) is 22.9. The highest BCUT2D eigenvalue weighted by molar-refractivity contribution is 5.90. The molecule has 0 bridgehead atoms. The molecule has 0 radical (unpaired) electrons. The molecule has 0 unspecified atom stereocenters. The van der Waals surface area contributed by atoms with Crippen LogP contribution in [0.1, 0.15) is 48.0 Å². The standard InChI is InChI=1S/C25H25F2N5O3/c26-17-12-20(32(14-17)21(33)13-29-25-28-10-11-35-25)24(34)31-22(16-4-2-1-3-5-16)19-9-8-18(15-6-7-15)23(27)30-19/h1-5,8-11,15,17,20,22H,6-7,12-14H2,(H,28,29)(H,31,34)/t17-,20+,22+/m1/s1. The van der Waals surface area contributed by atoms with Gasteiger partial charge in [-0.1, -0.05) is 36.4 Å². The second kappa shape index (κ2) is 9.81. The van der Waals surface area contributed by atoms with Crippen LogP contribution in [0.2, 0.25) is 0 Å². The van der Waals surface area contributed by atoms with Gasteiger partial charge in [0.25, 0.3) is 6.01 Å². The van der Waals surface area contributed by atoms with Crippen molar-refractivity contribution in [1.82, 2.24) is 20.2 Å². The van der Waals surface area contributed by atoms with E-state index in [-0.39, 0.29) is 31.4 Å². The Balaban J connectivity index is 1.35. The molecule has 2 N–H and O–H groups in total. The Labute approximate surface area is 200 Å². The summed E-state index contributed by atoms with van der Waals surface area (Å²) in [4.78, 5) is 35.3. The molecule has 1 saturated heterocycles. The van der Waals surface area contributed by atoms with E-state index in [2.05, 4.69) is 20.6 Å². The summed E-state index contributed by atoms with van der Waals surface area (Å²) in [5.74, 6) is -1.33. The summed E-state index contributed by atoms with van der Waals surface area (Å²) in [5, 5.41) is 5.60. The van der Waals surface area contributed by atoms with Gasteiger partial charge in [-0.3, -0.25) is 9.59 Å². The first-order valence-corrected chi connectivity index (χ1v) is 11.6. The van der Waals surface area contributed by atoms with Gasteiger partial charge in [-0.05, 0) is 30.4 Å². The van der Waals surface area contributed by atoms with E-state index in [9.17, 15) is 18.4 Å². The molecule has 2 fully saturated rings. The number of likely N-dealkylation sites (tertiary alicyclic amines) is 1. The van der Waals surface area contributed by atoms with Gasteiger partial charge < -0.3 is 20.0 Å². The summed E-state index contributed by atoms with van der Waals surface area (Å²) in [7, 11) is 0. The van der Waals surface area contributed by atoms with Crippen LogP contribution in [0.15, 0.2) is 59.3 Å². The molecule has 2 amide bonds. The highest BCUT2D eigenvalue weighted by Gasteiger charge is 2.40. The lowest BCUT2D eigenvalue weighted by Gasteiger charge is -2.26. The van der Waals surface area contributed by atoms with Crippen LogP contribution in [-0.2, 0) is 9.59 Å². The number of hydrogen-bond donors (Lipinski definition) is 2. The minimum atomic E-state index is -1.33. The number of alkyl halides is 1. The largest absolute Gasteiger partial charge is 0.432 e. The number of carbonyl (C=O) groups excluding carboxylic acids is 2. The molecule has 35 heavy (non-hydrogen) atoms. The van der Waals surface area contributed by atoms with Gasteiger partial charge in [0.1, 0.15) is 18.5 Å². The van der Waals surface area contributed by atoms with Crippen LogP contribution >= 0.6 is 0 Å². The summed E-state index contributed by atoms with van der Waals surface area (Å²) in [5.41, 5.74) is 1.62. The van der Waals surface area contributed by atoms with E-state index >= 15 is 0 Å². The van der Waals surface area contributed by atoms with Crippen LogP contribution in [0.3, 0.4) is 0 Å². The number of benzene rings is 1. The van der Waals surface area contributed by atoms with Crippen LogP contribution in [0, 0.1) is 5.95 Å². The van der Waals surface area contributed by atoms with E-state index in [1.54, 1.807) is 36.4 Å². The number of nitrogens with zero attached hydrogens (tertiary/aromatic N) is 3. The number of aromatic nitrogens is 2. The zero-order valence-electron chi connectivity index (χ0n) is 18.9. The molecule has 5 rings (SSSR count). The number of nitrogens with one attached hydrogen (secondary N) is 2. The predicted molar refractivity (Wildman–Crippen MR) is 123 cm³/mol. The van der Waals surface area contributed by atoms with Crippen molar-refractivity contribution in [2.24, 2.45) is 0 Å². The molecule has 3 heterocycles. The third-order valence-electron chi connectivity index (χ3n) is 6.33. The van der Waals surface area contributed by atoms with Gasteiger partial charge >= 0.3 is 0 Å². The van der Waals surface area contributed by atoms with Crippen molar-refractivity contribution in [3.63, 3.8) is 0 Å². The molecule has 0 spiro atoms. The first-order chi connectivity index (χ1) is 17.0. The highest BCUT2D eigenvalue weighted by Crippen LogP contribution is 2.41. The second-order valence-electron chi connectivity index (χ2n) is 8.83. The third-order valence-corrected chi connectivity index (χ3v) is 6.33. The Kier molecular flexibility index (Phi) is 6.43. The Morgan fingerprint density at radius 3 is 2.66 bits per heavy atom. The monoisotopic (exact) mass is 481 g/mol. The molecule has 1 aromatic carbocycles. The van der Waals surface area contributed by atoms with E-state index in [0.717, 1.165) is 12.8 Å². The molecule has 182 valence electrons. The lowest BCUT2D eigenvalue weighted by molar-refractivity contribution is -0.137. The minimum Gasteiger partial charge on any atom is -0.432 e. The van der Waals surface area contributed by atoms with Crippen LogP contribution in [0.4, 0.5) is 14.8 Å². The zero-order chi connectivity index (χ0) is 24.4. The van der Waals surface area contributed by atoms with Crippen LogP contribution in [0.25, 0.3) is 0 Å². The average molecular weight is 482 g/mol. The molecule has 1 saturated carbocycles. The molecular weight excluding hydrogens is 456 g/mol. The normalized spacial score (nSPS) is 20.5. The van der Waals surface area contributed by atoms with Gasteiger partial charge in [0.15, 0.2) is 0 Å². The SMILES string of the molecule is O=C(N[C@@H](c1ccccc1)c1ccc(C2CC2)c(F)n1)[C@@H]1C[C@@H](F)CN1C(=O)CNc1ncco1. The van der Waals surface area contributed by atoms with Crippen LogP contribution < -0.4 is 10.6 Å². The molecule has 2 aromatic heterocycles. The highest BCUT2D eigenvalue weighted by atomic mass is 19.1. The number of hydrogen-bond acceptors (Lipinski definition) is 6. The van der Waals surface area contributed by atoms with Crippen LogP contribution in [-0.4, -0.2) is 52.0 Å². The fraction of sp³-hybridized carbons (Fsp3) is 0.360. The predicted octanol–water partition coefficient (Wildman–Crippen LogP) is 3.34. The van der Waals surface area contributed by atoms with Crippen molar-refractivity contribution in [3.8, 4) is 0 Å². The van der Waals surface area contributed by atoms with E-state index in [1.807, 2.05) is 6.07 Å². The Morgan fingerprint density at radius 1 is 1.17 bits per heavy atom. The molecule has 1 aliphatic carbocycles. The Morgan fingerprint density at radius 2 is 1.97 bits per heavy atom. The average Bonchev–Trinajstić information content (AvgIpc) is 3.41. The van der Waals surface area contributed by atoms with Crippen molar-refractivity contribution in [3.05, 3.63) is 77.7 Å². The molecule has 3 aromatic rings. The van der Waals surface area contributed by atoms with Crippen molar-refractivity contribution < 1.29 is 22.8 Å². The summed E-state index contributed by atoms with van der Waals surface area (Å²) in [6, 6.07) is 10.9. The smallest absolute Gasteiger partial charge is 0.294 e. The summed E-state index contributed by atoms with van der Waals surface area (Å²) >= 11 is 0. The van der Waals surface area contributed by atoms with Gasteiger partial charge in [-0.2, -0.15) is 4.39 Å². The molecule has 1 aliphatic heterocycles. The van der Waals surface area contributed by atoms with Gasteiger partial charge in [-0.15, -0.1) is 0 Å². The lowest BCUT2D eigenvalue weighted by atomic mass is 10.0.